The number of nitrogens with zero attached hydrogens (tertiary/aromatic N) is 5. The van der Waals surface area contributed by atoms with Crippen LogP contribution in [-0.4, -0.2) is 43.4 Å². The van der Waals surface area contributed by atoms with E-state index in [1.807, 2.05) is 58.0 Å². The van der Waals surface area contributed by atoms with Gasteiger partial charge in [-0.2, -0.15) is 0 Å². The van der Waals surface area contributed by atoms with E-state index in [4.69, 9.17) is 9.97 Å². The first-order chi connectivity index (χ1) is 15.3. The minimum Gasteiger partial charge on any atom is -0.364 e. The Kier molecular flexibility index (Phi) is 5.31. The summed E-state index contributed by atoms with van der Waals surface area (Å²) in [6.45, 7) is 2.81. The van der Waals surface area contributed by atoms with Crippen LogP contribution in [0.2, 0.25) is 0 Å². The quantitative estimate of drug-likeness (QED) is 0.501. The molecule has 1 fully saturated rings. The van der Waals surface area contributed by atoms with E-state index in [2.05, 4.69) is 22.4 Å². The number of carbonyl (C=O) groups is 1. The lowest BCUT2D eigenvalue weighted by molar-refractivity contribution is -0.127. The first kappa shape index (κ1) is 19.2. The molecule has 7 heteroatoms. The fraction of sp³-hybridized carbons (Fsp3) is 0.250. The molecule has 1 N–H and O–H groups in total. The number of carbonyl (C=O) groups excluding carboxylic acids is 1. The lowest BCUT2D eigenvalue weighted by Gasteiger charge is -2.16. The molecule has 0 bridgehead atoms. The summed E-state index contributed by atoms with van der Waals surface area (Å²) in [4.78, 5) is 28.1. The van der Waals surface area contributed by atoms with Crippen molar-refractivity contribution in [1.82, 2.24) is 24.4 Å². The maximum absolute atomic E-state index is 12.0. The van der Waals surface area contributed by atoms with E-state index in [1.165, 1.54) is 5.56 Å². The zero-order valence-corrected chi connectivity index (χ0v) is 17.2. The van der Waals surface area contributed by atoms with Crippen molar-refractivity contribution in [2.24, 2.45) is 0 Å². The van der Waals surface area contributed by atoms with Gasteiger partial charge in [-0.15, -0.1) is 0 Å². The van der Waals surface area contributed by atoms with Crippen molar-refractivity contribution in [1.29, 1.82) is 0 Å². The van der Waals surface area contributed by atoms with Gasteiger partial charge in [-0.25, -0.2) is 15.0 Å². The van der Waals surface area contributed by atoms with Crippen LogP contribution in [0.4, 0.5) is 5.82 Å². The van der Waals surface area contributed by atoms with Crippen molar-refractivity contribution < 1.29 is 4.79 Å². The first-order valence-electron chi connectivity index (χ1n) is 10.6. The summed E-state index contributed by atoms with van der Waals surface area (Å²) in [6, 6.07) is 20.2. The smallest absolute Gasteiger partial charge is 0.222 e. The van der Waals surface area contributed by atoms with Crippen molar-refractivity contribution >= 4 is 22.9 Å². The Balaban J connectivity index is 1.48. The Bertz CT molecular complexity index is 1190. The fourth-order valence-corrected chi connectivity index (χ4v) is 3.90. The maximum Gasteiger partial charge on any atom is 0.222 e. The second-order valence-electron chi connectivity index (χ2n) is 7.70. The highest BCUT2D eigenvalue weighted by Crippen LogP contribution is 2.25. The third kappa shape index (κ3) is 4.12. The van der Waals surface area contributed by atoms with Gasteiger partial charge in [0, 0.05) is 38.2 Å². The molecule has 5 rings (SSSR count). The lowest BCUT2D eigenvalue weighted by Crippen LogP contribution is -2.28. The lowest BCUT2D eigenvalue weighted by atomic mass is 10.2. The molecule has 2 aromatic heterocycles. The number of hydrogen-bond acceptors (Lipinski definition) is 5. The molecule has 31 heavy (non-hydrogen) atoms. The van der Waals surface area contributed by atoms with Crippen molar-refractivity contribution in [3.8, 4) is 11.4 Å². The molecular weight excluding hydrogens is 388 g/mol. The predicted molar refractivity (Wildman–Crippen MR) is 120 cm³/mol. The molecular formula is C24H24N6O. The summed E-state index contributed by atoms with van der Waals surface area (Å²) in [5.74, 6) is 1.60. The van der Waals surface area contributed by atoms with Gasteiger partial charge in [0.05, 0.1) is 6.33 Å². The summed E-state index contributed by atoms with van der Waals surface area (Å²) in [6.07, 6.45) is 3.39. The zero-order valence-electron chi connectivity index (χ0n) is 17.2. The molecule has 7 nitrogen and oxygen atoms in total. The highest BCUT2D eigenvalue weighted by atomic mass is 16.2. The van der Waals surface area contributed by atoms with Crippen LogP contribution >= 0.6 is 0 Å². The molecule has 0 spiro atoms. The van der Waals surface area contributed by atoms with Gasteiger partial charge in [-0.05, 0) is 12.0 Å². The van der Waals surface area contributed by atoms with Gasteiger partial charge in [0.2, 0.25) is 5.91 Å². The van der Waals surface area contributed by atoms with Gasteiger partial charge in [0.15, 0.2) is 17.3 Å². The van der Waals surface area contributed by atoms with Crippen LogP contribution in [0.15, 0.2) is 67.0 Å². The van der Waals surface area contributed by atoms with Crippen LogP contribution in [0.5, 0.6) is 0 Å². The van der Waals surface area contributed by atoms with Gasteiger partial charge in [-0.3, -0.25) is 4.79 Å². The molecule has 0 radical (unpaired) electrons. The van der Waals surface area contributed by atoms with Gasteiger partial charge < -0.3 is 14.8 Å². The number of hydrogen-bond donors (Lipinski definition) is 1. The molecule has 1 aliphatic heterocycles. The molecule has 1 aliphatic rings. The Morgan fingerprint density at radius 2 is 1.71 bits per heavy atom. The van der Waals surface area contributed by atoms with Crippen molar-refractivity contribution in [3.05, 3.63) is 72.6 Å². The van der Waals surface area contributed by atoms with Crippen molar-refractivity contribution in [2.75, 3.05) is 18.4 Å². The van der Waals surface area contributed by atoms with E-state index >= 15 is 0 Å². The third-order valence-electron chi connectivity index (χ3n) is 5.58. The van der Waals surface area contributed by atoms with E-state index in [9.17, 15) is 4.79 Å². The fourth-order valence-electron chi connectivity index (χ4n) is 3.90. The van der Waals surface area contributed by atoms with Crippen molar-refractivity contribution in [2.45, 2.75) is 25.9 Å². The van der Waals surface area contributed by atoms with Crippen LogP contribution in [0.1, 0.15) is 18.4 Å². The summed E-state index contributed by atoms with van der Waals surface area (Å²) in [7, 11) is 0. The number of rotatable bonds is 7. The van der Waals surface area contributed by atoms with Crippen LogP contribution in [-0.2, 0) is 17.9 Å². The third-order valence-corrected chi connectivity index (χ3v) is 5.58. The molecule has 0 unspecified atom stereocenters. The minimum absolute atomic E-state index is 0.231. The number of imidazole rings is 1. The summed E-state index contributed by atoms with van der Waals surface area (Å²) >= 11 is 0. The van der Waals surface area contributed by atoms with Crippen LogP contribution in [0, 0.1) is 0 Å². The standard InChI is InChI=1S/C24H24N6O/c31-20-12-7-13-29(20)14-15-30-17-26-21-23(25-16-18-8-3-1-4-9-18)27-22(28-24(21)30)19-10-5-2-6-11-19/h1-6,8-11,17H,7,12-16H2,(H,25,27,28). The van der Waals surface area contributed by atoms with Crippen LogP contribution < -0.4 is 5.32 Å². The number of benzene rings is 2. The molecule has 156 valence electrons. The highest BCUT2D eigenvalue weighted by molar-refractivity contribution is 5.85. The zero-order chi connectivity index (χ0) is 21.0. The Labute approximate surface area is 180 Å². The Morgan fingerprint density at radius 1 is 0.935 bits per heavy atom. The van der Waals surface area contributed by atoms with Gasteiger partial charge in [0.1, 0.15) is 5.52 Å². The maximum atomic E-state index is 12.0. The van der Waals surface area contributed by atoms with E-state index in [0.717, 1.165) is 29.7 Å². The first-order valence-corrected chi connectivity index (χ1v) is 10.6. The minimum atomic E-state index is 0.231. The topological polar surface area (TPSA) is 75.9 Å². The van der Waals surface area contributed by atoms with E-state index < -0.39 is 0 Å². The van der Waals surface area contributed by atoms with Crippen LogP contribution in [0.25, 0.3) is 22.6 Å². The molecule has 1 saturated heterocycles. The summed E-state index contributed by atoms with van der Waals surface area (Å²) < 4.78 is 2.02. The monoisotopic (exact) mass is 412 g/mol. The largest absolute Gasteiger partial charge is 0.364 e. The molecule has 0 atom stereocenters. The molecule has 4 aromatic rings. The summed E-state index contributed by atoms with van der Waals surface area (Å²) in [5, 5.41) is 3.44. The summed E-state index contributed by atoms with van der Waals surface area (Å²) in [5.41, 5.74) is 3.64. The van der Waals surface area contributed by atoms with E-state index in [1.54, 1.807) is 6.33 Å². The van der Waals surface area contributed by atoms with Crippen molar-refractivity contribution in [3.63, 3.8) is 0 Å². The predicted octanol–water partition coefficient (Wildman–Crippen LogP) is 3.73. The average molecular weight is 412 g/mol. The van der Waals surface area contributed by atoms with E-state index in [0.29, 0.717) is 37.7 Å². The highest BCUT2D eigenvalue weighted by Gasteiger charge is 2.20. The molecule has 3 heterocycles. The molecule has 0 saturated carbocycles. The second-order valence-corrected chi connectivity index (χ2v) is 7.70. The van der Waals surface area contributed by atoms with Gasteiger partial charge >= 0.3 is 0 Å². The number of amides is 1. The number of fused-ring (bicyclic) bond motifs is 1. The second kappa shape index (κ2) is 8.55. The number of aromatic nitrogens is 4. The number of nitrogens with one attached hydrogen (secondary N) is 1. The van der Waals surface area contributed by atoms with Crippen LogP contribution in [0.3, 0.4) is 0 Å². The number of likely N-dealkylation sites (tertiary alicyclic amines) is 1. The Hall–Kier alpha value is -3.74. The SMILES string of the molecule is O=C1CCCN1CCn1cnc2c(NCc3ccccc3)nc(-c3ccccc3)nc21. The van der Waals surface area contributed by atoms with Gasteiger partial charge in [0.25, 0.3) is 0 Å². The molecule has 1 amide bonds. The normalized spacial score (nSPS) is 13.8. The van der Waals surface area contributed by atoms with Gasteiger partial charge in [-0.1, -0.05) is 60.7 Å². The molecule has 2 aromatic carbocycles. The molecule has 0 aliphatic carbocycles. The number of anilines is 1. The average Bonchev–Trinajstić information content (AvgIpc) is 3.43. The Morgan fingerprint density at radius 3 is 2.45 bits per heavy atom. The van der Waals surface area contributed by atoms with E-state index in [-0.39, 0.29) is 5.91 Å².